The molecule has 1 fully saturated rings. The van der Waals surface area contributed by atoms with Crippen molar-refractivity contribution in [3.63, 3.8) is 0 Å². The maximum atomic E-state index is 11.9. The molecule has 1 saturated carbocycles. The van der Waals surface area contributed by atoms with Crippen LogP contribution in [0.3, 0.4) is 0 Å². The number of ketones is 1. The Labute approximate surface area is 123 Å². The minimum absolute atomic E-state index is 0.0883. The van der Waals surface area contributed by atoms with E-state index in [0.29, 0.717) is 29.8 Å². The van der Waals surface area contributed by atoms with Crippen LogP contribution in [-0.2, 0) is 4.79 Å². The predicted molar refractivity (Wildman–Crippen MR) is 79.0 cm³/mol. The van der Waals surface area contributed by atoms with E-state index in [0.717, 1.165) is 5.71 Å². The first kappa shape index (κ1) is 14.7. The second-order valence-electron chi connectivity index (χ2n) is 5.86. The summed E-state index contributed by atoms with van der Waals surface area (Å²) in [5, 5.41) is 4.59. The third kappa shape index (κ3) is 3.90. The predicted octanol–water partition coefficient (Wildman–Crippen LogP) is 3.21. The zero-order valence-electron chi connectivity index (χ0n) is 11.6. The second-order valence-corrected chi connectivity index (χ2v) is 6.30. The Morgan fingerprint density at radius 1 is 1.35 bits per heavy atom. The molecule has 0 atom stereocenters. The lowest BCUT2D eigenvalue weighted by atomic mass is 9.76. The highest BCUT2D eigenvalue weighted by molar-refractivity contribution is 6.30. The van der Waals surface area contributed by atoms with E-state index in [1.165, 1.54) is 0 Å². The number of Topliss-reactive ketones (excluding diaryl/α,β-unsaturated/α-hetero) is 1. The Hall–Kier alpha value is -1.68. The zero-order chi connectivity index (χ0) is 14.8. The maximum Gasteiger partial charge on any atom is 0.271 e. The quantitative estimate of drug-likeness (QED) is 0.851. The number of amides is 1. The van der Waals surface area contributed by atoms with Gasteiger partial charge in [-0.05, 0) is 30.0 Å². The van der Waals surface area contributed by atoms with E-state index < -0.39 is 0 Å². The van der Waals surface area contributed by atoms with Crippen molar-refractivity contribution >= 4 is 29.0 Å². The van der Waals surface area contributed by atoms with Gasteiger partial charge in [-0.3, -0.25) is 9.59 Å². The summed E-state index contributed by atoms with van der Waals surface area (Å²) in [4.78, 5) is 23.6. The zero-order valence-corrected chi connectivity index (χ0v) is 12.3. The van der Waals surface area contributed by atoms with Gasteiger partial charge in [-0.2, -0.15) is 5.10 Å². The first-order valence-corrected chi connectivity index (χ1v) is 6.87. The number of hydrazone groups is 1. The molecule has 0 heterocycles. The van der Waals surface area contributed by atoms with E-state index in [4.69, 9.17) is 11.6 Å². The number of carbonyl (C=O) groups is 2. The molecule has 1 amide bonds. The van der Waals surface area contributed by atoms with Gasteiger partial charge in [-0.15, -0.1) is 0 Å². The standard InChI is InChI=1S/C15H17ClN2O2/c1-15(2)8-12(7-13(19)9-15)17-18-14(20)10-4-3-5-11(16)6-10/h3-6H,7-9H2,1-2H3,(H,18,20). The molecular formula is C15H17ClN2O2. The largest absolute Gasteiger partial charge is 0.299 e. The third-order valence-electron chi connectivity index (χ3n) is 3.16. The fraction of sp³-hybridized carbons (Fsp3) is 0.400. The smallest absolute Gasteiger partial charge is 0.271 e. The Bertz CT molecular complexity index is 579. The van der Waals surface area contributed by atoms with E-state index in [-0.39, 0.29) is 17.1 Å². The normalized spacial score (nSPS) is 19.9. The van der Waals surface area contributed by atoms with Crippen molar-refractivity contribution in [2.45, 2.75) is 33.1 Å². The first-order valence-electron chi connectivity index (χ1n) is 6.49. The van der Waals surface area contributed by atoms with Gasteiger partial charge in [0.2, 0.25) is 0 Å². The van der Waals surface area contributed by atoms with Crippen LogP contribution in [0.4, 0.5) is 0 Å². The van der Waals surface area contributed by atoms with E-state index in [1.807, 2.05) is 13.8 Å². The molecular weight excluding hydrogens is 276 g/mol. The molecule has 0 aromatic heterocycles. The number of rotatable bonds is 2. The van der Waals surface area contributed by atoms with Gasteiger partial charge in [-0.1, -0.05) is 31.5 Å². The van der Waals surface area contributed by atoms with Crippen molar-refractivity contribution in [2.75, 3.05) is 0 Å². The number of halogens is 1. The Morgan fingerprint density at radius 3 is 2.75 bits per heavy atom. The van der Waals surface area contributed by atoms with Gasteiger partial charge in [0.05, 0.1) is 0 Å². The molecule has 5 heteroatoms. The van der Waals surface area contributed by atoms with Crippen molar-refractivity contribution in [1.82, 2.24) is 5.43 Å². The van der Waals surface area contributed by atoms with Gasteiger partial charge in [0, 0.05) is 29.1 Å². The van der Waals surface area contributed by atoms with Crippen LogP contribution in [0, 0.1) is 5.41 Å². The number of nitrogens with one attached hydrogen (secondary N) is 1. The Kier molecular flexibility index (Phi) is 4.23. The molecule has 20 heavy (non-hydrogen) atoms. The number of benzene rings is 1. The molecule has 106 valence electrons. The molecule has 0 saturated heterocycles. The van der Waals surface area contributed by atoms with Crippen LogP contribution < -0.4 is 5.43 Å². The number of hydrogen-bond donors (Lipinski definition) is 1. The van der Waals surface area contributed by atoms with Gasteiger partial charge in [0.15, 0.2) is 0 Å². The minimum atomic E-state index is -0.323. The van der Waals surface area contributed by atoms with Crippen molar-refractivity contribution in [1.29, 1.82) is 0 Å². The topological polar surface area (TPSA) is 58.5 Å². The summed E-state index contributed by atoms with van der Waals surface area (Å²) in [6.07, 6.45) is 1.60. The summed E-state index contributed by atoms with van der Waals surface area (Å²) in [6.45, 7) is 4.05. The molecule has 0 unspecified atom stereocenters. The number of nitrogens with zero attached hydrogens (tertiary/aromatic N) is 1. The van der Waals surface area contributed by atoms with Gasteiger partial charge in [0.25, 0.3) is 5.91 Å². The first-order chi connectivity index (χ1) is 9.35. The summed E-state index contributed by atoms with van der Waals surface area (Å²) in [6, 6.07) is 6.65. The SMILES string of the molecule is CC1(C)CC(=O)CC(=NNC(=O)c2cccc(Cl)c2)C1. The molecule has 1 aliphatic rings. The fourth-order valence-electron chi connectivity index (χ4n) is 2.40. The number of carbonyl (C=O) groups excluding carboxylic acids is 2. The summed E-state index contributed by atoms with van der Waals surface area (Å²) in [5.74, 6) is -0.159. The highest BCUT2D eigenvalue weighted by Crippen LogP contribution is 2.31. The summed E-state index contributed by atoms with van der Waals surface area (Å²) < 4.78 is 0. The van der Waals surface area contributed by atoms with Crippen LogP contribution in [0.15, 0.2) is 29.4 Å². The van der Waals surface area contributed by atoms with Gasteiger partial charge >= 0.3 is 0 Å². The highest BCUT2D eigenvalue weighted by Gasteiger charge is 2.30. The molecule has 2 rings (SSSR count). The van der Waals surface area contributed by atoms with E-state index in [2.05, 4.69) is 10.5 Å². The maximum absolute atomic E-state index is 11.9. The van der Waals surface area contributed by atoms with E-state index >= 15 is 0 Å². The lowest BCUT2D eigenvalue weighted by Crippen LogP contribution is -2.31. The molecule has 0 aliphatic heterocycles. The fourth-order valence-corrected chi connectivity index (χ4v) is 2.59. The molecule has 0 radical (unpaired) electrons. The molecule has 0 spiro atoms. The summed E-state index contributed by atoms with van der Waals surface area (Å²) in [7, 11) is 0. The van der Waals surface area contributed by atoms with Crippen LogP contribution in [-0.4, -0.2) is 17.4 Å². The van der Waals surface area contributed by atoms with Crippen molar-refractivity contribution < 1.29 is 9.59 Å². The second kappa shape index (κ2) is 5.75. The lowest BCUT2D eigenvalue weighted by molar-refractivity contribution is -0.120. The Morgan fingerprint density at radius 2 is 2.10 bits per heavy atom. The van der Waals surface area contributed by atoms with Gasteiger partial charge in [0.1, 0.15) is 5.78 Å². The van der Waals surface area contributed by atoms with Crippen LogP contribution >= 0.6 is 11.6 Å². The highest BCUT2D eigenvalue weighted by atomic mass is 35.5. The van der Waals surface area contributed by atoms with Crippen LogP contribution in [0.5, 0.6) is 0 Å². The van der Waals surface area contributed by atoms with Gasteiger partial charge in [-0.25, -0.2) is 5.43 Å². The monoisotopic (exact) mass is 292 g/mol. The molecule has 4 nitrogen and oxygen atoms in total. The van der Waals surface area contributed by atoms with Crippen LogP contribution in [0.25, 0.3) is 0 Å². The molecule has 1 aliphatic carbocycles. The molecule has 1 N–H and O–H groups in total. The minimum Gasteiger partial charge on any atom is -0.299 e. The summed E-state index contributed by atoms with van der Waals surface area (Å²) >= 11 is 5.83. The van der Waals surface area contributed by atoms with Gasteiger partial charge < -0.3 is 0 Å². The molecule has 0 bridgehead atoms. The van der Waals surface area contributed by atoms with Crippen LogP contribution in [0.2, 0.25) is 5.02 Å². The lowest BCUT2D eigenvalue weighted by Gasteiger charge is -2.28. The summed E-state index contributed by atoms with van der Waals surface area (Å²) in [5.41, 5.74) is 3.58. The van der Waals surface area contributed by atoms with Crippen molar-refractivity contribution in [3.05, 3.63) is 34.9 Å². The average molecular weight is 293 g/mol. The van der Waals surface area contributed by atoms with Crippen molar-refractivity contribution in [2.24, 2.45) is 10.5 Å². The Balaban J connectivity index is 2.05. The average Bonchev–Trinajstić information content (AvgIpc) is 2.33. The van der Waals surface area contributed by atoms with Crippen LogP contribution in [0.1, 0.15) is 43.5 Å². The molecule has 1 aromatic carbocycles. The molecule has 1 aromatic rings. The van der Waals surface area contributed by atoms with E-state index in [1.54, 1.807) is 24.3 Å². The number of hydrogen-bond acceptors (Lipinski definition) is 3. The third-order valence-corrected chi connectivity index (χ3v) is 3.40. The van der Waals surface area contributed by atoms with E-state index in [9.17, 15) is 9.59 Å². The van der Waals surface area contributed by atoms with Crippen molar-refractivity contribution in [3.8, 4) is 0 Å².